The van der Waals surface area contributed by atoms with Gasteiger partial charge in [-0.05, 0) is 42.7 Å². The van der Waals surface area contributed by atoms with Crippen molar-refractivity contribution in [2.24, 2.45) is 5.73 Å². The van der Waals surface area contributed by atoms with Crippen molar-refractivity contribution in [2.75, 3.05) is 0 Å². The van der Waals surface area contributed by atoms with E-state index in [2.05, 4.69) is 0 Å². The van der Waals surface area contributed by atoms with Crippen LogP contribution in [0.15, 0.2) is 36.7 Å². The fourth-order valence-electron chi connectivity index (χ4n) is 2.02. The molecule has 102 valence electrons. The van der Waals surface area contributed by atoms with Crippen LogP contribution in [0.5, 0.6) is 0 Å². The average Bonchev–Trinajstić information content (AvgIpc) is 2.81. The molecule has 0 aliphatic heterocycles. The Balaban J connectivity index is 2.09. The fourth-order valence-corrected chi connectivity index (χ4v) is 2.02. The molecule has 0 aliphatic rings. The summed E-state index contributed by atoms with van der Waals surface area (Å²) >= 11 is 0. The largest absolute Gasteiger partial charge is 0.350 e. The lowest BCUT2D eigenvalue weighted by Gasteiger charge is -2.07. The molecule has 1 aromatic heterocycles. The normalized spacial score (nSPS) is 12.6. The number of rotatable bonds is 5. The SMILES string of the molecule is CCC(N)Cc1ccn(Cc2cc(F)ccc2F)c1. The lowest BCUT2D eigenvalue weighted by Crippen LogP contribution is -2.21. The Morgan fingerprint density at radius 2 is 2.05 bits per heavy atom. The van der Waals surface area contributed by atoms with Gasteiger partial charge in [-0.25, -0.2) is 8.78 Å². The van der Waals surface area contributed by atoms with Crippen LogP contribution in [0.2, 0.25) is 0 Å². The Labute approximate surface area is 111 Å². The van der Waals surface area contributed by atoms with E-state index in [4.69, 9.17) is 5.73 Å². The van der Waals surface area contributed by atoms with E-state index >= 15 is 0 Å². The molecule has 1 aromatic carbocycles. The van der Waals surface area contributed by atoms with E-state index in [0.717, 1.165) is 30.5 Å². The highest BCUT2D eigenvalue weighted by atomic mass is 19.1. The highest BCUT2D eigenvalue weighted by molar-refractivity contribution is 5.20. The Hall–Kier alpha value is -1.68. The van der Waals surface area contributed by atoms with Gasteiger partial charge in [-0.1, -0.05) is 6.92 Å². The van der Waals surface area contributed by atoms with E-state index in [9.17, 15) is 8.78 Å². The topological polar surface area (TPSA) is 30.9 Å². The third-order valence-corrected chi connectivity index (χ3v) is 3.19. The maximum Gasteiger partial charge on any atom is 0.128 e. The minimum Gasteiger partial charge on any atom is -0.350 e. The second-order valence-corrected chi connectivity index (χ2v) is 4.80. The monoisotopic (exact) mass is 264 g/mol. The average molecular weight is 264 g/mol. The Morgan fingerprint density at radius 3 is 2.79 bits per heavy atom. The van der Waals surface area contributed by atoms with E-state index in [0.29, 0.717) is 12.1 Å². The standard InChI is InChI=1S/C15H18F2N2/c1-2-14(18)7-11-5-6-19(9-11)10-12-8-13(16)3-4-15(12)17/h3-6,8-9,14H,2,7,10,18H2,1H3. The number of nitrogens with two attached hydrogens (primary N) is 1. The molecule has 1 unspecified atom stereocenters. The van der Waals surface area contributed by atoms with Gasteiger partial charge in [0.1, 0.15) is 11.6 Å². The lowest BCUT2D eigenvalue weighted by atomic mass is 10.1. The van der Waals surface area contributed by atoms with Crippen LogP contribution in [0.25, 0.3) is 0 Å². The Bertz CT molecular complexity index is 549. The molecule has 0 aliphatic carbocycles. The summed E-state index contributed by atoms with van der Waals surface area (Å²) in [4.78, 5) is 0. The van der Waals surface area contributed by atoms with Gasteiger partial charge in [0.25, 0.3) is 0 Å². The van der Waals surface area contributed by atoms with Crippen molar-refractivity contribution in [1.82, 2.24) is 4.57 Å². The van der Waals surface area contributed by atoms with Gasteiger partial charge in [0, 0.05) is 30.5 Å². The van der Waals surface area contributed by atoms with Gasteiger partial charge >= 0.3 is 0 Å². The zero-order chi connectivity index (χ0) is 13.8. The predicted octanol–water partition coefficient (Wildman–Crippen LogP) is 3.09. The molecule has 0 saturated heterocycles. The second kappa shape index (κ2) is 5.97. The van der Waals surface area contributed by atoms with E-state index in [1.807, 2.05) is 30.0 Å². The highest BCUT2D eigenvalue weighted by Gasteiger charge is 2.07. The van der Waals surface area contributed by atoms with Crippen molar-refractivity contribution in [3.8, 4) is 0 Å². The van der Waals surface area contributed by atoms with Gasteiger partial charge in [0.15, 0.2) is 0 Å². The summed E-state index contributed by atoms with van der Waals surface area (Å²) in [5, 5.41) is 0. The van der Waals surface area contributed by atoms with Crippen LogP contribution in [-0.4, -0.2) is 10.6 Å². The molecule has 2 rings (SSSR count). The van der Waals surface area contributed by atoms with Crippen molar-refractivity contribution >= 4 is 0 Å². The summed E-state index contributed by atoms with van der Waals surface area (Å²) < 4.78 is 28.5. The van der Waals surface area contributed by atoms with Crippen molar-refractivity contribution < 1.29 is 8.78 Å². The first-order valence-electron chi connectivity index (χ1n) is 6.42. The van der Waals surface area contributed by atoms with Gasteiger partial charge in [0.05, 0.1) is 0 Å². The smallest absolute Gasteiger partial charge is 0.128 e. The first-order chi connectivity index (χ1) is 9.08. The molecule has 4 heteroatoms. The fraction of sp³-hybridized carbons (Fsp3) is 0.333. The molecule has 0 spiro atoms. The number of hydrogen-bond acceptors (Lipinski definition) is 1. The van der Waals surface area contributed by atoms with Crippen molar-refractivity contribution in [3.05, 3.63) is 59.4 Å². The van der Waals surface area contributed by atoms with E-state index in [1.165, 1.54) is 6.07 Å². The molecule has 0 radical (unpaired) electrons. The summed E-state index contributed by atoms with van der Waals surface area (Å²) in [5.74, 6) is -0.807. The van der Waals surface area contributed by atoms with Gasteiger partial charge < -0.3 is 10.3 Å². The van der Waals surface area contributed by atoms with Gasteiger partial charge in [-0.2, -0.15) is 0 Å². The number of nitrogens with zero attached hydrogens (tertiary/aromatic N) is 1. The highest BCUT2D eigenvalue weighted by Crippen LogP contribution is 2.13. The third-order valence-electron chi connectivity index (χ3n) is 3.19. The number of aromatic nitrogens is 1. The lowest BCUT2D eigenvalue weighted by molar-refractivity contribution is 0.577. The molecule has 2 N–H and O–H groups in total. The Morgan fingerprint density at radius 1 is 1.26 bits per heavy atom. The van der Waals surface area contributed by atoms with E-state index in [1.54, 1.807) is 0 Å². The van der Waals surface area contributed by atoms with E-state index in [-0.39, 0.29) is 11.9 Å². The van der Waals surface area contributed by atoms with E-state index < -0.39 is 5.82 Å². The quantitative estimate of drug-likeness (QED) is 0.884. The first kappa shape index (κ1) is 13.7. The van der Waals surface area contributed by atoms with Crippen LogP contribution in [0.4, 0.5) is 8.78 Å². The minimum absolute atomic E-state index is 0.141. The summed E-state index contributed by atoms with van der Waals surface area (Å²) in [6.07, 6.45) is 5.51. The second-order valence-electron chi connectivity index (χ2n) is 4.80. The van der Waals surface area contributed by atoms with Gasteiger partial charge in [-0.3, -0.25) is 0 Å². The molecule has 0 bridgehead atoms. The molecule has 2 nitrogen and oxygen atoms in total. The third kappa shape index (κ3) is 3.64. The molecule has 0 fully saturated rings. The molecule has 0 saturated carbocycles. The predicted molar refractivity (Wildman–Crippen MR) is 71.9 cm³/mol. The summed E-state index contributed by atoms with van der Waals surface area (Å²) in [7, 11) is 0. The van der Waals surface area contributed by atoms with Crippen LogP contribution >= 0.6 is 0 Å². The van der Waals surface area contributed by atoms with Crippen LogP contribution in [0.1, 0.15) is 24.5 Å². The maximum absolute atomic E-state index is 13.5. The Kier molecular flexibility index (Phi) is 4.32. The molecule has 0 amide bonds. The summed E-state index contributed by atoms with van der Waals surface area (Å²) in [5.41, 5.74) is 7.36. The maximum atomic E-state index is 13.5. The number of halogens is 2. The summed E-state index contributed by atoms with van der Waals surface area (Å²) in [6, 6.07) is 5.61. The van der Waals surface area contributed by atoms with Crippen LogP contribution in [0, 0.1) is 11.6 Å². The number of hydrogen-bond donors (Lipinski definition) is 1. The zero-order valence-electron chi connectivity index (χ0n) is 10.9. The van der Waals surface area contributed by atoms with Gasteiger partial charge in [0.2, 0.25) is 0 Å². The molecule has 2 aromatic rings. The zero-order valence-corrected chi connectivity index (χ0v) is 10.9. The summed E-state index contributed by atoms with van der Waals surface area (Å²) in [6.45, 7) is 2.37. The van der Waals surface area contributed by atoms with Crippen LogP contribution in [-0.2, 0) is 13.0 Å². The van der Waals surface area contributed by atoms with Crippen molar-refractivity contribution in [1.29, 1.82) is 0 Å². The van der Waals surface area contributed by atoms with Crippen LogP contribution < -0.4 is 5.73 Å². The van der Waals surface area contributed by atoms with Crippen molar-refractivity contribution in [2.45, 2.75) is 32.4 Å². The number of benzene rings is 1. The van der Waals surface area contributed by atoms with Crippen LogP contribution in [0.3, 0.4) is 0 Å². The minimum atomic E-state index is -0.420. The molecule has 19 heavy (non-hydrogen) atoms. The first-order valence-corrected chi connectivity index (χ1v) is 6.42. The molecular weight excluding hydrogens is 246 g/mol. The molecule has 1 heterocycles. The molecule has 1 atom stereocenters. The van der Waals surface area contributed by atoms with Crippen molar-refractivity contribution in [3.63, 3.8) is 0 Å². The molecular formula is C15H18F2N2. The van der Waals surface area contributed by atoms with Gasteiger partial charge in [-0.15, -0.1) is 0 Å².